The number of para-hydroxylation sites is 1. The van der Waals surface area contributed by atoms with Gasteiger partial charge in [-0.2, -0.15) is 13.2 Å². The molecule has 0 bridgehead atoms. The molecule has 2 aromatic carbocycles. The van der Waals surface area contributed by atoms with Crippen molar-refractivity contribution in [2.24, 2.45) is 0 Å². The quantitative estimate of drug-likeness (QED) is 0.479. The van der Waals surface area contributed by atoms with Gasteiger partial charge in [0.15, 0.2) is 0 Å². The lowest BCUT2D eigenvalue weighted by Crippen LogP contribution is -2.41. The first-order valence-electron chi connectivity index (χ1n) is 10.8. The number of nitrogens with zero attached hydrogens (tertiary/aromatic N) is 2. The molecule has 2 amide bonds. The van der Waals surface area contributed by atoms with E-state index in [0.29, 0.717) is 6.54 Å². The highest BCUT2D eigenvalue weighted by Gasteiger charge is 2.34. The fourth-order valence-corrected chi connectivity index (χ4v) is 3.54. The summed E-state index contributed by atoms with van der Waals surface area (Å²) < 4.78 is 40.0. The largest absolute Gasteiger partial charge is 0.418 e. The minimum atomic E-state index is -4.54. The number of benzene rings is 2. The Kier molecular flexibility index (Phi) is 9.37. The van der Waals surface area contributed by atoms with Gasteiger partial charge in [0, 0.05) is 12.6 Å². The van der Waals surface area contributed by atoms with Crippen molar-refractivity contribution in [1.29, 1.82) is 0 Å². The van der Waals surface area contributed by atoms with Crippen molar-refractivity contribution in [3.05, 3.63) is 65.7 Å². The van der Waals surface area contributed by atoms with Crippen molar-refractivity contribution < 1.29 is 18.0 Å². The van der Waals surface area contributed by atoms with E-state index < -0.39 is 17.8 Å². The van der Waals surface area contributed by atoms with Crippen LogP contribution in [0.25, 0.3) is 0 Å². The highest BCUT2D eigenvalue weighted by molar-refractivity contribution is 5.90. The van der Waals surface area contributed by atoms with E-state index in [4.69, 9.17) is 0 Å². The molecule has 0 radical (unpaired) electrons. The van der Waals surface area contributed by atoms with Gasteiger partial charge in [0.25, 0.3) is 0 Å². The highest BCUT2D eigenvalue weighted by atomic mass is 19.4. The summed E-state index contributed by atoms with van der Waals surface area (Å²) in [4.78, 5) is 17.0. The van der Waals surface area contributed by atoms with Crippen molar-refractivity contribution in [3.8, 4) is 0 Å². The van der Waals surface area contributed by atoms with Gasteiger partial charge in [0.1, 0.15) is 0 Å². The van der Waals surface area contributed by atoms with Crippen molar-refractivity contribution in [2.75, 3.05) is 25.0 Å². The number of alkyl halides is 3. The van der Waals surface area contributed by atoms with E-state index in [2.05, 4.69) is 24.1 Å². The Balaban J connectivity index is 2.17. The van der Waals surface area contributed by atoms with E-state index in [1.54, 1.807) is 4.90 Å². The van der Waals surface area contributed by atoms with E-state index in [-0.39, 0.29) is 11.7 Å². The summed E-state index contributed by atoms with van der Waals surface area (Å²) in [5.41, 5.74) is -0.150. The molecule has 0 aliphatic rings. The van der Waals surface area contributed by atoms with E-state index in [1.165, 1.54) is 18.2 Å². The third-order valence-corrected chi connectivity index (χ3v) is 5.45. The molecular weight excluding hydrogens is 403 g/mol. The number of rotatable bonds is 10. The molecule has 4 nitrogen and oxygen atoms in total. The van der Waals surface area contributed by atoms with E-state index in [9.17, 15) is 18.0 Å². The van der Waals surface area contributed by atoms with E-state index in [1.807, 2.05) is 37.3 Å². The summed E-state index contributed by atoms with van der Waals surface area (Å²) in [5.74, 6) is 0. The molecule has 1 atom stereocenters. The molecule has 1 unspecified atom stereocenters. The first-order valence-corrected chi connectivity index (χ1v) is 10.8. The van der Waals surface area contributed by atoms with Crippen LogP contribution in [0.5, 0.6) is 0 Å². The fourth-order valence-electron chi connectivity index (χ4n) is 3.54. The van der Waals surface area contributed by atoms with Crippen LogP contribution in [0.4, 0.5) is 23.7 Å². The number of urea groups is 1. The first-order chi connectivity index (χ1) is 14.8. The Hall–Kier alpha value is -2.54. The molecular formula is C24H32F3N3O. The lowest BCUT2D eigenvalue weighted by Gasteiger charge is -2.31. The lowest BCUT2D eigenvalue weighted by molar-refractivity contribution is -0.136. The number of hydrogen-bond donors (Lipinski definition) is 1. The van der Waals surface area contributed by atoms with Gasteiger partial charge in [-0.05, 0) is 57.1 Å². The van der Waals surface area contributed by atoms with Crippen LogP contribution in [0.2, 0.25) is 0 Å². The molecule has 0 saturated heterocycles. The Morgan fingerprint density at radius 1 is 1.00 bits per heavy atom. The minimum Gasteiger partial charge on any atom is -0.318 e. The maximum Gasteiger partial charge on any atom is 0.418 e. The highest BCUT2D eigenvalue weighted by Crippen LogP contribution is 2.34. The van der Waals surface area contributed by atoms with Crippen LogP contribution in [-0.4, -0.2) is 41.5 Å². The lowest BCUT2D eigenvalue weighted by atomic mass is 10.1. The number of amides is 2. The summed E-state index contributed by atoms with van der Waals surface area (Å²) in [6.45, 7) is 9.35. The number of hydrogen-bond acceptors (Lipinski definition) is 2. The molecule has 0 fully saturated rings. The SMILES string of the molecule is CCN(CC)CCCC(C)N(Cc1ccccc1)C(=O)Nc1ccccc1C(F)(F)F. The van der Waals surface area contributed by atoms with Crippen LogP contribution in [0.1, 0.15) is 44.7 Å². The molecule has 31 heavy (non-hydrogen) atoms. The van der Waals surface area contributed by atoms with Gasteiger partial charge < -0.3 is 15.1 Å². The number of halogens is 3. The van der Waals surface area contributed by atoms with E-state index in [0.717, 1.165) is 44.1 Å². The molecule has 0 aliphatic carbocycles. The summed E-state index contributed by atoms with van der Waals surface area (Å²) in [6, 6.07) is 13.9. The fraction of sp³-hybridized carbons (Fsp3) is 0.458. The molecule has 0 aromatic heterocycles. The molecule has 7 heteroatoms. The van der Waals surface area contributed by atoms with Gasteiger partial charge in [-0.15, -0.1) is 0 Å². The van der Waals surface area contributed by atoms with Crippen LogP contribution in [0, 0.1) is 0 Å². The Labute approximate surface area is 183 Å². The molecule has 170 valence electrons. The normalized spacial score (nSPS) is 12.6. The van der Waals surface area contributed by atoms with Gasteiger partial charge >= 0.3 is 12.2 Å². The number of nitrogens with one attached hydrogen (secondary N) is 1. The molecule has 0 saturated carbocycles. The Morgan fingerprint density at radius 3 is 2.23 bits per heavy atom. The smallest absolute Gasteiger partial charge is 0.318 e. The van der Waals surface area contributed by atoms with Crippen molar-refractivity contribution in [3.63, 3.8) is 0 Å². The van der Waals surface area contributed by atoms with Crippen molar-refractivity contribution >= 4 is 11.7 Å². The monoisotopic (exact) mass is 435 g/mol. The van der Waals surface area contributed by atoms with Gasteiger partial charge in [-0.25, -0.2) is 4.79 Å². The number of anilines is 1. The topological polar surface area (TPSA) is 35.6 Å². The van der Waals surface area contributed by atoms with Crippen LogP contribution < -0.4 is 5.32 Å². The molecule has 2 rings (SSSR count). The van der Waals surface area contributed by atoms with E-state index >= 15 is 0 Å². The molecule has 2 aromatic rings. The van der Waals surface area contributed by atoms with Crippen LogP contribution >= 0.6 is 0 Å². The molecule has 0 heterocycles. The van der Waals surface area contributed by atoms with Gasteiger partial charge in [0.05, 0.1) is 11.3 Å². The second-order valence-corrected chi connectivity index (χ2v) is 7.61. The minimum absolute atomic E-state index is 0.131. The van der Waals surface area contributed by atoms with Gasteiger partial charge in [0.2, 0.25) is 0 Å². The zero-order valence-corrected chi connectivity index (χ0v) is 18.5. The molecule has 0 spiro atoms. The average Bonchev–Trinajstić information content (AvgIpc) is 2.75. The zero-order chi connectivity index (χ0) is 22.9. The molecule has 0 aliphatic heterocycles. The van der Waals surface area contributed by atoms with Crippen LogP contribution in [0.15, 0.2) is 54.6 Å². The summed E-state index contributed by atoms with van der Waals surface area (Å²) in [6.07, 6.45) is -2.87. The number of carbonyl (C=O) groups excluding carboxylic acids is 1. The standard InChI is InChI=1S/C24H32F3N3O/c1-4-29(5-2)17-11-12-19(3)30(18-20-13-7-6-8-14-20)23(31)28-22-16-10-9-15-21(22)24(25,26)27/h6-10,13-16,19H,4-5,11-12,17-18H2,1-3H3,(H,28,31). The number of carbonyl (C=O) groups is 1. The molecule has 1 N–H and O–H groups in total. The van der Waals surface area contributed by atoms with Crippen molar-refractivity contribution in [1.82, 2.24) is 9.80 Å². The third-order valence-electron chi connectivity index (χ3n) is 5.45. The average molecular weight is 436 g/mol. The first kappa shape index (κ1) is 24.7. The third kappa shape index (κ3) is 7.58. The predicted molar refractivity (Wildman–Crippen MR) is 119 cm³/mol. The maximum absolute atomic E-state index is 13.3. The van der Waals surface area contributed by atoms with Crippen LogP contribution in [-0.2, 0) is 12.7 Å². The Morgan fingerprint density at radius 2 is 1.61 bits per heavy atom. The van der Waals surface area contributed by atoms with Gasteiger partial charge in [-0.1, -0.05) is 56.3 Å². The second kappa shape index (κ2) is 11.7. The van der Waals surface area contributed by atoms with Crippen molar-refractivity contribution in [2.45, 2.75) is 52.4 Å². The maximum atomic E-state index is 13.3. The van der Waals surface area contributed by atoms with Gasteiger partial charge in [-0.3, -0.25) is 0 Å². The Bertz CT molecular complexity index is 807. The zero-order valence-electron chi connectivity index (χ0n) is 18.5. The summed E-state index contributed by atoms with van der Waals surface area (Å²) in [7, 11) is 0. The summed E-state index contributed by atoms with van der Waals surface area (Å²) in [5, 5.41) is 2.50. The predicted octanol–water partition coefficient (Wildman–Crippen LogP) is 6.25. The van der Waals surface area contributed by atoms with Crippen LogP contribution in [0.3, 0.4) is 0 Å². The second-order valence-electron chi connectivity index (χ2n) is 7.61. The summed E-state index contributed by atoms with van der Waals surface area (Å²) >= 11 is 0.